The van der Waals surface area contributed by atoms with Crippen LogP contribution in [0.2, 0.25) is 0 Å². The fourth-order valence-corrected chi connectivity index (χ4v) is 7.16. The van der Waals surface area contributed by atoms with Crippen molar-refractivity contribution in [2.45, 2.75) is 36.3 Å². The summed E-state index contributed by atoms with van der Waals surface area (Å²) in [5, 5.41) is 1.96. The second-order valence-corrected chi connectivity index (χ2v) is 12.3. The van der Waals surface area contributed by atoms with Crippen LogP contribution in [0.3, 0.4) is 0 Å². The Bertz CT molecular complexity index is 2060. The van der Waals surface area contributed by atoms with Crippen LogP contribution in [-0.4, -0.2) is 27.1 Å². The molecule has 14 heteroatoms. The molecule has 8 nitrogen and oxygen atoms in total. The van der Waals surface area contributed by atoms with Crippen LogP contribution in [0.1, 0.15) is 36.2 Å². The molecule has 5 aromatic rings. The maximum atomic E-state index is 13.7. The van der Waals surface area contributed by atoms with Crippen LogP contribution in [0.5, 0.6) is 0 Å². The van der Waals surface area contributed by atoms with E-state index in [-0.39, 0.29) is 28.1 Å². The van der Waals surface area contributed by atoms with Crippen LogP contribution in [0.15, 0.2) is 102 Å². The summed E-state index contributed by atoms with van der Waals surface area (Å²) in [6.07, 6.45) is -3.14. The molecule has 224 valence electrons. The normalized spacial score (nSPS) is 15.3. The number of thiophene rings is 1. The molecule has 1 aliphatic heterocycles. The summed E-state index contributed by atoms with van der Waals surface area (Å²) in [5.74, 6) is -0.247. The van der Waals surface area contributed by atoms with Gasteiger partial charge in [-0.2, -0.15) is 13.2 Å². The van der Waals surface area contributed by atoms with Gasteiger partial charge in [-0.15, -0.1) is 11.3 Å². The van der Waals surface area contributed by atoms with E-state index in [0.717, 1.165) is 34.0 Å². The van der Waals surface area contributed by atoms with E-state index in [2.05, 4.69) is 15.0 Å². The summed E-state index contributed by atoms with van der Waals surface area (Å²) in [4.78, 5) is 40.4. The second kappa shape index (κ2) is 12.0. The van der Waals surface area contributed by atoms with Gasteiger partial charge in [-0.05, 0) is 55.3 Å². The number of hydrogen-bond acceptors (Lipinski definition) is 10. The Labute approximate surface area is 259 Å². The highest BCUT2D eigenvalue weighted by Gasteiger charge is 2.35. The fraction of sp³-hybridized carbons (Fsp3) is 0.167. The number of thiazole rings is 1. The molecule has 0 saturated heterocycles. The van der Waals surface area contributed by atoms with Gasteiger partial charge >= 0.3 is 12.1 Å². The number of nitrogens with zero attached hydrogens (tertiary/aromatic N) is 4. The number of carbonyl (C=O) groups excluding carboxylic acids is 1. The number of ether oxygens (including phenoxy) is 1. The Morgan fingerprint density at radius 3 is 2.64 bits per heavy atom. The number of alkyl halides is 3. The molecule has 0 aliphatic carbocycles. The topological polar surface area (TPSA) is 99.6 Å². The van der Waals surface area contributed by atoms with E-state index in [1.165, 1.54) is 22.0 Å². The number of benzene rings is 1. The quantitative estimate of drug-likeness (QED) is 0.155. The van der Waals surface area contributed by atoms with Crippen LogP contribution < -0.4 is 14.9 Å². The lowest BCUT2D eigenvalue weighted by Gasteiger charge is -2.23. The predicted octanol–water partition coefficient (Wildman–Crippen LogP) is 6.08. The van der Waals surface area contributed by atoms with Gasteiger partial charge in [-0.3, -0.25) is 9.36 Å². The Morgan fingerprint density at radius 2 is 1.93 bits per heavy atom. The Morgan fingerprint density at radius 1 is 1.14 bits per heavy atom. The highest BCUT2D eigenvalue weighted by atomic mass is 32.2. The maximum absolute atomic E-state index is 13.7. The molecule has 4 aromatic heterocycles. The fourth-order valence-electron chi connectivity index (χ4n) is 4.57. The third-order valence-corrected chi connectivity index (χ3v) is 9.16. The molecule has 0 bridgehead atoms. The van der Waals surface area contributed by atoms with Gasteiger partial charge in [0.05, 0.1) is 28.1 Å². The number of esters is 1. The van der Waals surface area contributed by atoms with Gasteiger partial charge < -0.3 is 9.15 Å². The van der Waals surface area contributed by atoms with Gasteiger partial charge in [0.1, 0.15) is 17.5 Å². The average molecular weight is 655 g/mol. The molecule has 0 fully saturated rings. The summed E-state index contributed by atoms with van der Waals surface area (Å²) < 4.78 is 53.8. The van der Waals surface area contributed by atoms with E-state index < -0.39 is 23.9 Å². The van der Waals surface area contributed by atoms with E-state index >= 15 is 0 Å². The van der Waals surface area contributed by atoms with Crippen LogP contribution >= 0.6 is 34.4 Å². The van der Waals surface area contributed by atoms with Crippen molar-refractivity contribution in [2.24, 2.45) is 4.99 Å². The number of furan rings is 1. The van der Waals surface area contributed by atoms with Crippen molar-refractivity contribution in [3.8, 4) is 11.3 Å². The number of allylic oxidation sites excluding steroid dienone is 1. The molecule has 1 aromatic carbocycles. The Hall–Kier alpha value is -4.27. The number of halogens is 3. The molecule has 44 heavy (non-hydrogen) atoms. The first-order valence-corrected chi connectivity index (χ1v) is 15.7. The number of aromatic nitrogens is 3. The van der Waals surface area contributed by atoms with Crippen molar-refractivity contribution in [3.63, 3.8) is 0 Å². The summed E-state index contributed by atoms with van der Waals surface area (Å²) >= 11 is 3.38. The van der Waals surface area contributed by atoms with Crippen molar-refractivity contribution < 1.29 is 27.1 Å². The van der Waals surface area contributed by atoms with Gasteiger partial charge in [0.15, 0.2) is 15.1 Å². The van der Waals surface area contributed by atoms with Gasteiger partial charge in [0, 0.05) is 16.5 Å². The van der Waals surface area contributed by atoms with Crippen molar-refractivity contribution >= 4 is 46.5 Å². The first kappa shape index (κ1) is 29.8. The molecule has 5 heterocycles. The summed E-state index contributed by atoms with van der Waals surface area (Å²) in [6, 6.07) is 15.6. The summed E-state index contributed by atoms with van der Waals surface area (Å²) in [7, 11) is 0. The smallest absolute Gasteiger partial charge is 0.433 e. The van der Waals surface area contributed by atoms with Crippen LogP contribution in [0.25, 0.3) is 17.3 Å². The zero-order valence-corrected chi connectivity index (χ0v) is 25.4. The van der Waals surface area contributed by atoms with E-state index in [1.807, 2.05) is 17.5 Å². The molecule has 0 amide bonds. The van der Waals surface area contributed by atoms with Gasteiger partial charge in [0.25, 0.3) is 5.56 Å². The molecular formula is C30H21F3N4O4S3. The van der Waals surface area contributed by atoms with Gasteiger partial charge in [-0.25, -0.2) is 19.8 Å². The lowest BCUT2D eigenvalue weighted by molar-refractivity contribution is -0.141. The molecule has 0 spiro atoms. The minimum Gasteiger partial charge on any atom is -0.463 e. The van der Waals surface area contributed by atoms with E-state index in [0.29, 0.717) is 31.9 Å². The van der Waals surface area contributed by atoms with Crippen LogP contribution in [0.4, 0.5) is 13.2 Å². The Kier molecular flexibility index (Phi) is 8.14. The van der Waals surface area contributed by atoms with E-state index in [1.54, 1.807) is 56.3 Å². The van der Waals surface area contributed by atoms with Crippen molar-refractivity contribution in [1.29, 1.82) is 0 Å². The van der Waals surface area contributed by atoms with Crippen molar-refractivity contribution in [2.75, 3.05) is 6.61 Å². The van der Waals surface area contributed by atoms with E-state index in [9.17, 15) is 22.8 Å². The largest absolute Gasteiger partial charge is 0.463 e. The molecule has 1 atom stereocenters. The molecule has 6 rings (SSSR count). The predicted molar refractivity (Wildman–Crippen MR) is 160 cm³/mol. The Balaban J connectivity index is 1.35. The van der Waals surface area contributed by atoms with Gasteiger partial charge in [0.2, 0.25) is 0 Å². The third-order valence-electron chi connectivity index (χ3n) is 6.46. The highest BCUT2D eigenvalue weighted by Crippen LogP contribution is 2.35. The first-order chi connectivity index (χ1) is 21.1. The average Bonchev–Trinajstić information content (AvgIpc) is 3.74. The van der Waals surface area contributed by atoms with E-state index in [4.69, 9.17) is 9.15 Å². The maximum Gasteiger partial charge on any atom is 0.433 e. The highest BCUT2D eigenvalue weighted by molar-refractivity contribution is 7.99. The van der Waals surface area contributed by atoms with Crippen molar-refractivity contribution in [3.05, 3.63) is 113 Å². The minimum atomic E-state index is -4.67. The minimum absolute atomic E-state index is 0.126. The standard InChI is InChI=1S/C30H21F3N4O4S3/c1-3-40-27(39)24-16(2)34-29-37(25(24)20-10-7-13-42-20)26(38)21(43-29)14-18-11-12-23(41-18)44-28-35-19(17-8-5-4-6-9-17)15-22(36-28)30(31,32)33/h4-15,25H,3H2,1-2H3/b21-14+/t25-/m1/s1. The van der Waals surface area contributed by atoms with Crippen LogP contribution in [-0.2, 0) is 15.7 Å². The zero-order valence-electron chi connectivity index (χ0n) is 23.0. The molecule has 0 saturated carbocycles. The summed E-state index contributed by atoms with van der Waals surface area (Å²) in [5.41, 5.74) is -0.0514. The number of rotatable bonds is 7. The number of hydrogen-bond donors (Lipinski definition) is 0. The first-order valence-electron chi connectivity index (χ1n) is 13.1. The summed E-state index contributed by atoms with van der Waals surface area (Å²) in [6.45, 7) is 3.59. The second-order valence-electron chi connectivity index (χ2n) is 9.36. The molecule has 0 N–H and O–H groups in total. The number of fused-ring (bicyclic) bond motifs is 1. The van der Waals surface area contributed by atoms with Gasteiger partial charge in [-0.1, -0.05) is 47.7 Å². The molecule has 0 radical (unpaired) electrons. The monoisotopic (exact) mass is 654 g/mol. The van der Waals surface area contributed by atoms with Crippen LogP contribution in [0, 0.1) is 0 Å². The molecular weight excluding hydrogens is 634 g/mol. The lowest BCUT2D eigenvalue weighted by Crippen LogP contribution is -2.39. The van der Waals surface area contributed by atoms with Crippen molar-refractivity contribution in [1.82, 2.24) is 14.5 Å². The lowest BCUT2D eigenvalue weighted by atomic mass is 10.0. The molecule has 1 aliphatic rings. The number of carbonyl (C=O) groups is 1. The third kappa shape index (κ3) is 5.92. The molecule has 0 unspecified atom stereocenters. The zero-order chi connectivity index (χ0) is 31.0. The SMILES string of the molecule is CCOC(=O)C1=C(C)N=c2s/c(=C/c3ccc(Sc4nc(-c5ccccc5)cc(C(F)(F)F)n4)o3)c(=O)n2[C@@H]1c1cccs1.